The van der Waals surface area contributed by atoms with E-state index < -0.39 is 16.1 Å². The molecule has 0 aliphatic carbocycles. The molecule has 2 rings (SSSR count). The highest BCUT2D eigenvalue weighted by atomic mass is 32.2. The second kappa shape index (κ2) is 4.35. The average Bonchev–Trinajstić information content (AvgIpc) is 2.25. The van der Waals surface area contributed by atoms with Crippen LogP contribution in [0.3, 0.4) is 0 Å². The fourth-order valence-corrected chi connectivity index (χ4v) is 1.51. The molecule has 1 aromatic carbocycles. The van der Waals surface area contributed by atoms with Crippen LogP contribution in [0.25, 0.3) is 0 Å². The van der Waals surface area contributed by atoms with Crippen LogP contribution in [0.4, 0.5) is 10.1 Å². The lowest BCUT2D eigenvalue weighted by molar-refractivity contribution is 0.171. The molecule has 0 saturated carbocycles. The quantitative estimate of drug-likeness (QED) is 0.587. The van der Waals surface area contributed by atoms with Crippen molar-refractivity contribution in [2.24, 2.45) is 0 Å². The third-order valence-corrected chi connectivity index (χ3v) is 2.29. The molecule has 1 aliphatic heterocycles. The Labute approximate surface area is 96.4 Å². The molecule has 0 atom stereocenters. The summed E-state index contributed by atoms with van der Waals surface area (Å²) in [7, 11) is -4.71. The summed E-state index contributed by atoms with van der Waals surface area (Å²) in [5.41, 5.74) is 1.71. The molecule has 0 saturated heterocycles. The third-order valence-electron chi connectivity index (χ3n) is 1.94. The van der Waals surface area contributed by atoms with Crippen LogP contribution in [0.15, 0.2) is 12.1 Å². The fraction of sp³-hybridized carbons (Fsp3) is 0.250. The molecule has 1 aliphatic rings. The summed E-state index contributed by atoms with van der Waals surface area (Å²) in [4.78, 5) is 1.42. The number of nitrogens with one attached hydrogen (secondary N) is 2. The van der Waals surface area contributed by atoms with Gasteiger partial charge in [-0.15, -0.1) is 4.83 Å². The zero-order valence-electron chi connectivity index (χ0n) is 8.40. The lowest BCUT2D eigenvalue weighted by Crippen LogP contribution is -2.29. The first-order valence-corrected chi connectivity index (χ1v) is 5.94. The largest absolute Gasteiger partial charge is 0.734 e. The smallest absolute Gasteiger partial charge is 0.176 e. The standard InChI is InChI=1S/C8H9FN2O5S/c9-5-3-7-8(16-2-1-15-7)4-6(5)10-11-17(12,13)14/h3-4,10-11H,1-2H2,(H,12,13,14)/p-1. The van der Waals surface area contributed by atoms with Gasteiger partial charge in [-0.2, -0.15) is 0 Å². The molecule has 0 unspecified atom stereocenters. The van der Waals surface area contributed by atoms with Gasteiger partial charge in [-0.05, 0) is 0 Å². The molecule has 0 spiro atoms. The summed E-state index contributed by atoms with van der Waals surface area (Å²) in [5.74, 6) is -0.278. The number of rotatable bonds is 3. The summed E-state index contributed by atoms with van der Waals surface area (Å²) in [5, 5.41) is 0. The number of fused-ring (bicyclic) bond motifs is 1. The van der Waals surface area contributed by atoms with Gasteiger partial charge in [0.2, 0.25) is 0 Å². The van der Waals surface area contributed by atoms with Crippen molar-refractivity contribution in [3.8, 4) is 11.5 Å². The van der Waals surface area contributed by atoms with E-state index in [4.69, 9.17) is 9.47 Å². The predicted molar refractivity (Wildman–Crippen MR) is 53.8 cm³/mol. The van der Waals surface area contributed by atoms with Gasteiger partial charge in [0.05, 0.1) is 5.69 Å². The molecule has 0 amide bonds. The maximum absolute atomic E-state index is 13.4. The number of ether oxygens (including phenoxy) is 2. The van der Waals surface area contributed by atoms with E-state index in [0.29, 0.717) is 13.2 Å². The Morgan fingerprint density at radius 2 is 1.82 bits per heavy atom. The van der Waals surface area contributed by atoms with Gasteiger partial charge in [-0.25, -0.2) is 12.8 Å². The summed E-state index contributed by atoms with van der Waals surface area (Å²) in [6.07, 6.45) is 0. The average molecular weight is 263 g/mol. The van der Waals surface area contributed by atoms with Gasteiger partial charge in [0, 0.05) is 12.1 Å². The van der Waals surface area contributed by atoms with Crippen molar-refractivity contribution in [1.29, 1.82) is 0 Å². The van der Waals surface area contributed by atoms with Crippen LogP contribution in [0.1, 0.15) is 0 Å². The molecule has 0 bridgehead atoms. The fourth-order valence-electron chi connectivity index (χ4n) is 1.28. The number of halogens is 1. The zero-order valence-corrected chi connectivity index (χ0v) is 9.21. The van der Waals surface area contributed by atoms with Gasteiger partial charge < -0.3 is 19.5 Å². The Balaban J connectivity index is 2.23. The Bertz CT molecular complexity index is 533. The third kappa shape index (κ3) is 2.96. The van der Waals surface area contributed by atoms with Gasteiger partial charge >= 0.3 is 0 Å². The SMILES string of the molecule is O=S(=O)([O-])NNc1cc2c(cc1F)OCCO2. The van der Waals surface area contributed by atoms with Crippen LogP contribution in [0, 0.1) is 5.82 Å². The van der Waals surface area contributed by atoms with E-state index in [2.05, 4.69) is 0 Å². The molecule has 0 radical (unpaired) electrons. The molecule has 0 fully saturated rings. The first kappa shape index (κ1) is 11.9. The Morgan fingerprint density at radius 3 is 2.41 bits per heavy atom. The highest BCUT2D eigenvalue weighted by Crippen LogP contribution is 2.34. The number of anilines is 1. The lowest BCUT2D eigenvalue weighted by Gasteiger charge is -2.20. The van der Waals surface area contributed by atoms with Gasteiger partial charge in [0.25, 0.3) is 0 Å². The maximum atomic E-state index is 13.4. The number of hydrogen-bond donors (Lipinski definition) is 2. The van der Waals surface area contributed by atoms with E-state index in [9.17, 15) is 17.4 Å². The highest BCUT2D eigenvalue weighted by Gasteiger charge is 2.15. The Kier molecular flexibility index (Phi) is 3.05. The number of hydrogen-bond acceptors (Lipinski definition) is 6. The molecular weight excluding hydrogens is 255 g/mol. The summed E-state index contributed by atoms with van der Waals surface area (Å²) < 4.78 is 54.6. The first-order valence-electron chi connectivity index (χ1n) is 4.53. The molecule has 1 aromatic rings. The van der Waals surface area contributed by atoms with Gasteiger partial charge in [-0.3, -0.25) is 0 Å². The monoisotopic (exact) mass is 263 g/mol. The zero-order chi connectivity index (χ0) is 12.5. The van der Waals surface area contributed by atoms with E-state index in [1.807, 2.05) is 5.43 Å². The lowest BCUT2D eigenvalue weighted by atomic mass is 10.2. The van der Waals surface area contributed by atoms with Crippen LogP contribution in [0.5, 0.6) is 11.5 Å². The van der Waals surface area contributed by atoms with Crippen molar-refractivity contribution in [3.05, 3.63) is 17.9 Å². The van der Waals surface area contributed by atoms with Crippen LogP contribution in [0.2, 0.25) is 0 Å². The Hall–Kier alpha value is -1.58. The molecule has 17 heavy (non-hydrogen) atoms. The van der Waals surface area contributed by atoms with Crippen LogP contribution < -0.4 is 19.7 Å². The minimum absolute atomic E-state index is 0.226. The van der Waals surface area contributed by atoms with Crippen molar-refractivity contribution in [2.75, 3.05) is 18.6 Å². The number of benzene rings is 1. The van der Waals surface area contributed by atoms with Crippen molar-refractivity contribution in [1.82, 2.24) is 4.83 Å². The topological polar surface area (TPSA) is 99.7 Å². The predicted octanol–water partition coefficient (Wildman–Crippen LogP) is -0.0264. The van der Waals surface area contributed by atoms with E-state index in [1.54, 1.807) is 0 Å². The van der Waals surface area contributed by atoms with Gasteiger partial charge in [0.1, 0.15) is 13.2 Å². The molecule has 7 nitrogen and oxygen atoms in total. The summed E-state index contributed by atoms with van der Waals surface area (Å²) in [6.45, 7) is 0.623. The molecule has 1 heterocycles. The molecule has 0 aromatic heterocycles. The second-order valence-corrected chi connectivity index (χ2v) is 4.27. The van der Waals surface area contributed by atoms with Crippen LogP contribution >= 0.6 is 0 Å². The first-order chi connectivity index (χ1) is 7.96. The number of hydrazine groups is 1. The van der Waals surface area contributed by atoms with E-state index in [0.717, 1.165) is 6.07 Å². The minimum Gasteiger partial charge on any atom is -0.734 e. The van der Waals surface area contributed by atoms with Crippen molar-refractivity contribution in [3.63, 3.8) is 0 Å². The maximum Gasteiger partial charge on any atom is 0.176 e. The van der Waals surface area contributed by atoms with Crippen molar-refractivity contribution < 1.29 is 26.8 Å². The molecule has 9 heteroatoms. The van der Waals surface area contributed by atoms with Crippen molar-refractivity contribution in [2.45, 2.75) is 0 Å². The minimum atomic E-state index is -4.71. The summed E-state index contributed by atoms with van der Waals surface area (Å²) in [6, 6.07) is 2.23. The normalized spacial score (nSPS) is 14.5. The second-order valence-electron chi connectivity index (χ2n) is 3.16. The molecule has 94 valence electrons. The molecule has 2 N–H and O–H groups in total. The van der Waals surface area contributed by atoms with E-state index in [1.165, 1.54) is 10.9 Å². The van der Waals surface area contributed by atoms with E-state index in [-0.39, 0.29) is 17.2 Å². The summed E-state index contributed by atoms with van der Waals surface area (Å²) >= 11 is 0. The highest BCUT2D eigenvalue weighted by molar-refractivity contribution is 7.83. The Morgan fingerprint density at radius 1 is 1.24 bits per heavy atom. The van der Waals surface area contributed by atoms with E-state index >= 15 is 0 Å². The van der Waals surface area contributed by atoms with Gasteiger partial charge in [0.15, 0.2) is 27.6 Å². The van der Waals surface area contributed by atoms with Crippen LogP contribution in [-0.2, 0) is 10.3 Å². The van der Waals surface area contributed by atoms with Gasteiger partial charge in [-0.1, -0.05) is 0 Å². The van der Waals surface area contributed by atoms with Crippen LogP contribution in [-0.4, -0.2) is 26.2 Å². The molecular formula is C8H8FN2O5S-. The van der Waals surface area contributed by atoms with Crippen molar-refractivity contribution >= 4 is 16.0 Å².